The number of likely N-dealkylation sites (N-methyl/N-ethyl adjacent to an activating group) is 1. The zero-order valence-electron chi connectivity index (χ0n) is 11.9. The summed E-state index contributed by atoms with van der Waals surface area (Å²) in [7, 11) is 2.15. The number of hydrogen-bond donors (Lipinski definition) is 1. The van der Waals surface area contributed by atoms with Crippen molar-refractivity contribution in [2.75, 3.05) is 7.05 Å². The second-order valence-corrected chi connectivity index (χ2v) is 7.01. The van der Waals surface area contributed by atoms with Crippen molar-refractivity contribution in [3.8, 4) is 0 Å². The minimum Gasteiger partial charge on any atom is -0.326 e. The minimum absolute atomic E-state index is 0.140. The molecule has 2 atom stereocenters. The number of rotatable bonds is 6. The van der Waals surface area contributed by atoms with Crippen molar-refractivity contribution in [2.24, 2.45) is 5.73 Å². The van der Waals surface area contributed by atoms with E-state index in [2.05, 4.69) is 76.6 Å². The first kappa shape index (κ1) is 15.7. The fourth-order valence-electron chi connectivity index (χ4n) is 2.46. The first-order valence-corrected chi connectivity index (χ1v) is 8.52. The van der Waals surface area contributed by atoms with Crippen molar-refractivity contribution >= 4 is 27.3 Å². The van der Waals surface area contributed by atoms with E-state index < -0.39 is 0 Å². The van der Waals surface area contributed by atoms with Gasteiger partial charge in [-0.3, -0.25) is 4.90 Å². The summed E-state index contributed by atoms with van der Waals surface area (Å²) in [4.78, 5) is 3.72. The molecule has 20 heavy (non-hydrogen) atoms. The molecule has 108 valence electrons. The van der Waals surface area contributed by atoms with Gasteiger partial charge in [0.25, 0.3) is 0 Å². The summed E-state index contributed by atoms with van der Waals surface area (Å²) >= 11 is 5.29. The molecule has 2 nitrogen and oxygen atoms in total. The van der Waals surface area contributed by atoms with Gasteiger partial charge in [-0.05, 0) is 42.6 Å². The fourth-order valence-corrected chi connectivity index (χ4v) is 3.49. The van der Waals surface area contributed by atoms with E-state index in [1.165, 1.54) is 10.4 Å². The van der Waals surface area contributed by atoms with Crippen molar-refractivity contribution in [3.63, 3.8) is 0 Å². The van der Waals surface area contributed by atoms with Gasteiger partial charge in [0, 0.05) is 28.0 Å². The van der Waals surface area contributed by atoms with Crippen LogP contribution >= 0.6 is 27.3 Å². The third-order valence-corrected chi connectivity index (χ3v) is 4.94. The Morgan fingerprint density at radius 2 is 1.95 bits per heavy atom. The van der Waals surface area contributed by atoms with Gasteiger partial charge in [-0.2, -0.15) is 0 Å². The number of nitrogens with two attached hydrogens (primary N) is 1. The number of nitrogens with zero attached hydrogens (tertiary/aromatic N) is 1. The molecule has 0 saturated heterocycles. The first-order chi connectivity index (χ1) is 9.61. The maximum atomic E-state index is 6.37. The van der Waals surface area contributed by atoms with E-state index in [0.717, 1.165) is 17.4 Å². The standard InChI is InChI=1S/C16H21BrN2S/c1-3-15(18)16(12-6-8-13(17)9-7-12)19(2)11-14-5-4-10-20-14/h4-10,15-16H,3,11,18H2,1-2H3. The molecule has 2 rings (SSSR count). The quantitative estimate of drug-likeness (QED) is 0.833. The van der Waals surface area contributed by atoms with Crippen LogP contribution in [-0.2, 0) is 6.54 Å². The smallest absolute Gasteiger partial charge is 0.0499 e. The molecule has 0 radical (unpaired) electrons. The van der Waals surface area contributed by atoms with Crippen molar-refractivity contribution < 1.29 is 0 Å². The van der Waals surface area contributed by atoms with Crippen LogP contribution in [-0.4, -0.2) is 18.0 Å². The molecule has 0 fully saturated rings. The van der Waals surface area contributed by atoms with Crippen LogP contribution < -0.4 is 5.73 Å². The molecular weight excluding hydrogens is 332 g/mol. The highest BCUT2D eigenvalue weighted by Crippen LogP contribution is 2.27. The highest BCUT2D eigenvalue weighted by Gasteiger charge is 2.23. The van der Waals surface area contributed by atoms with Gasteiger partial charge in [-0.25, -0.2) is 0 Å². The van der Waals surface area contributed by atoms with E-state index in [-0.39, 0.29) is 12.1 Å². The highest BCUT2D eigenvalue weighted by molar-refractivity contribution is 9.10. The topological polar surface area (TPSA) is 29.3 Å². The summed E-state index contributed by atoms with van der Waals surface area (Å²) in [5.41, 5.74) is 7.65. The largest absolute Gasteiger partial charge is 0.326 e. The molecule has 0 amide bonds. The van der Waals surface area contributed by atoms with Gasteiger partial charge in [0.05, 0.1) is 0 Å². The summed E-state index contributed by atoms with van der Waals surface area (Å²) in [5.74, 6) is 0. The molecule has 4 heteroatoms. The Morgan fingerprint density at radius 1 is 1.25 bits per heavy atom. The number of thiophene rings is 1. The Bertz CT molecular complexity index is 510. The second-order valence-electron chi connectivity index (χ2n) is 5.06. The number of hydrogen-bond acceptors (Lipinski definition) is 3. The number of halogens is 1. The molecule has 0 saturated carbocycles. The SMILES string of the molecule is CCC(N)C(c1ccc(Br)cc1)N(C)Cc1cccs1. The third-order valence-electron chi connectivity index (χ3n) is 3.55. The van der Waals surface area contributed by atoms with Gasteiger partial charge < -0.3 is 5.73 Å². The highest BCUT2D eigenvalue weighted by atomic mass is 79.9. The van der Waals surface area contributed by atoms with Gasteiger partial charge in [0.15, 0.2) is 0 Å². The lowest BCUT2D eigenvalue weighted by molar-refractivity contribution is 0.203. The predicted octanol–water partition coefficient (Wildman–Crippen LogP) is 4.42. The van der Waals surface area contributed by atoms with Crippen LogP contribution in [0.1, 0.15) is 29.8 Å². The van der Waals surface area contributed by atoms with Crippen LogP contribution in [0.2, 0.25) is 0 Å². The van der Waals surface area contributed by atoms with Crippen LogP contribution in [0, 0.1) is 0 Å². The lowest BCUT2D eigenvalue weighted by Gasteiger charge is -2.32. The van der Waals surface area contributed by atoms with Crippen molar-refractivity contribution in [2.45, 2.75) is 32.0 Å². The normalized spacial score (nSPS) is 14.4. The average molecular weight is 353 g/mol. The molecule has 1 aromatic heterocycles. The van der Waals surface area contributed by atoms with E-state index >= 15 is 0 Å². The molecule has 0 spiro atoms. The van der Waals surface area contributed by atoms with E-state index in [4.69, 9.17) is 5.73 Å². The van der Waals surface area contributed by atoms with E-state index in [1.54, 1.807) is 11.3 Å². The Hall–Kier alpha value is -0.680. The molecule has 2 unspecified atom stereocenters. The number of benzene rings is 1. The molecule has 2 aromatic rings. The van der Waals surface area contributed by atoms with Crippen LogP contribution in [0.25, 0.3) is 0 Å². The molecule has 0 bridgehead atoms. The van der Waals surface area contributed by atoms with Crippen LogP contribution in [0.5, 0.6) is 0 Å². The van der Waals surface area contributed by atoms with Gasteiger partial charge >= 0.3 is 0 Å². The summed E-state index contributed by atoms with van der Waals surface area (Å²) in [5, 5.41) is 2.12. The molecule has 0 aliphatic carbocycles. The van der Waals surface area contributed by atoms with E-state index in [1.807, 2.05) is 0 Å². The van der Waals surface area contributed by atoms with Crippen LogP contribution in [0.3, 0.4) is 0 Å². The maximum absolute atomic E-state index is 6.37. The van der Waals surface area contributed by atoms with Crippen molar-refractivity contribution in [1.82, 2.24) is 4.90 Å². The molecule has 0 aliphatic rings. The van der Waals surface area contributed by atoms with Gasteiger partial charge in [0.2, 0.25) is 0 Å². The first-order valence-electron chi connectivity index (χ1n) is 6.85. The van der Waals surface area contributed by atoms with Gasteiger partial charge in [-0.15, -0.1) is 11.3 Å². The molecule has 0 aliphatic heterocycles. The van der Waals surface area contributed by atoms with Gasteiger partial charge in [0.1, 0.15) is 0 Å². The maximum Gasteiger partial charge on any atom is 0.0499 e. The van der Waals surface area contributed by atoms with Crippen LogP contribution in [0.4, 0.5) is 0 Å². The lowest BCUT2D eigenvalue weighted by Crippen LogP contribution is -2.38. The Morgan fingerprint density at radius 3 is 2.50 bits per heavy atom. The molecule has 1 aromatic carbocycles. The third kappa shape index (κ3) is 3.92. The Kier molecular flexibility index (Phi) is 5.78. The summed E-state index contributed by atoms with van der Waals surface area (Å²) < 4.78 is 1.10. The Balaban J connectivity index is 2.20. The molecular formula is C16H21BrN2S. The predicted molar refractivity (Wildman–Crippen MR) is 90.9 cm³/mol. The summed E-state index contributed by atoms with van der Waals surface area (Å²) in [6.45, 7) is 3.08. The minimum atomic E-state index is 0.140. The van der Waals surface area contributed by atoms with Crippen LogP contribution in [0.15, 0.2) is 46.3 Å². The van der Waals surface area contributed by atoms with Crippen molar-refractivity contribution in [1.29, 1.82) is 0 Å². The van der Waals surface area contributed by atoms with E-state index in [0.29, 0.717) is 0 Å². The molecule has 2 N–H and O–H groups in total. The van der Waals surface area contributed by atoms with Crippen molar-refractivity contribution in [3.05, 3.63) is 56.7 Å². The van der Waals surface area contributed by atoms with Gasteiger partial charge in [-0.1, -0.05) is 41.1 Å². The monoisotopic (exact) mass is 352 g/mol. The Labute approximate surface area is 133 Å². The van der Waals surface area contributed by atoms with E-state index in [9.17, 15) is 0 Å². The summed E-state index contributed by atoms with van der Waals surface area (Å²) in [6.07, 6.45) is 0.968. The molecule has 1 heterocycles. The average Bonchev–Trinajstić information content (AvgIpc) is 2.94. The second kappa shape index (κ2) is 7.36. The lowest BCUT2D eigenvalue weighted by atomic mass is 9.96. The zero-order chi connectivity index (χ0) is 14.5. The summed E-state index contributed by atoms with van der Waals surface area (Å²) in [6, 6.07) is 13.2. The zero-order valence-corrected chi connectivity index (χ0v) is 14.3. The fraction of sp³-hybridized carbons (Fsp3) is 0.375.